The van der Waals surface area contributed by atoms with Gasteiger partial charge in [0.15, 0.2) is 0 Å². The summed E-state index contributed by atoms with van der Waals surface area (Å²) in [6.45, 7) is 2.13. The lowest BCUT2D eigenvalue weighted by Crippen LogP contribution is -2.38. The van der Waals surface area contributed by atoms with E-state index >= 15 is 0 Å². The van der Waals surface area contributed by atoms with Gasteiger partial charge in [0.05, 0.1) is 19.6 Å². The van der Waals surface area contributed by atoms with E-state index in [0.717, 1.165) is 22.3 Å². The smallest absolute Gasteiger partial charge is 0.325 e. The maximum Gasteiger partial charge on any atom is 0.325 e. The highest BCUT2D eigenvalue weighted by Crippen LogP contribution is 2.32. The Morgan fingerprint density at radius 3 is 2.67 bits per heavy atom. The lowest BCUT2D eigenvalue weighted by Gasteiger charge is -2.18. The van der Waals surface area contributed by atoms with E-state index in [4.69, 9.17) is 9.26 Å². The zero-order valence-corrected chi connectivity index (χ0v) is 20.2. The zero-order valence-electron chi connectivity index (χ0n) is 20.2. The molecule has 0 fully saturated rings. The highest BCUT2D eigenvalue weighted by atomic mass is 19.1. The topological polar surface area (TPSA) is 104 Å². The number of alkyl halides is 1. The molecular formula is C27H26FN3O5. The molecule has 3 aromatic rings. The molecule has 1 aromatic heterocycles. The van der Waals surface area contributed by atoms with E-state index < -0.39 is 24.0 Å². The van der Waals surface area contributed by atoms with Crippen LogP contribution in [0.5, 0.6) is 0 Å². The first kappa shape index (κ1) is 25.0. The van der Waals surface area contributed by atoms with Gasteiger partial charge in [0.1, 0.15) is 12.7 Å². The number of rotatable bonds is 8. The number of halogens is 1. The van der Waals surface area contributed by atoms with Crippen LogP contribution in [0.15, 0.2) is 65.2 Å². The van der Waals surface area contributed by atoms with Crippen LogP contribution in [0.2, 0.25) is 0 Å². The third-order valence-corrected chi connectivity index (χ3v) is 5.87. The summed E-state index contributed by atoms with van der Waals surface area (Å²) in [4.78, 5) is 27.8. The SMILES string of the molecule is COCc1cc(-c2nc(C3=CC(F)C(C(=O)NCC(=O)OC)C=C3)no2)ccc1-c1ccccc1C. The maximum atomic E-state index is 14.7. The Balaban J connectivity index is 1.53. The molecule has 1 amide bonds. The van der Waals surface area contributed by atoms with E-state index in [1.54, 1.807) is 13.2 Å². The van der Waals surface area contributed by atoms with E-state index in [0.29, 0.717) is 17.7 Å². The summed E-state index contributed by atoms with van der Waals surface area (Å²) in [5.41, 5.74) is 5.37. The lowest BCUT2D eigenvalue weighted by molar-refractivity contribution is -0.141. The highest BCUT2D eigenvalue weighted by Gasteiger charge is 2.29. The molecule has 0 bridgehead atoms. The molecule has 9 heteroatoms. The average molecular weight is 492 g/mol. The van der Waals surface area contributed by atoms with Gasteiger partial charge in [-0.05, 0) is 47.4 Å². The van der Waals surface area contributed by atoms with Crippen molar-refractivity contribution in [3.8, 4) is 22.6 Å². The Morgan fingerprint density at radius 1 is 1.14 bits per heavy atom. The van der Waals surface area contributed by atoms with Gasteiger partial charge < -0.3 is 19.3 Å². The molecule has 0 saturated heterocycles. The fourth-order valence-electron chi connectivity index (χ4n) is 3.97. The second kappa shape index (κ2) is 11.1. The first-order valence-corrected chi connectivity index (χ1v) is 11.3. The number of carbonyl (C=O) groups is 2. The minimum Gasteiger partial charge on any atom is -0.468 e. The van der Waals surface area contributed by atoms with Gasteiger partial charge in [0.25, 0.3) is 5.89 Å². The summed E-state index contributed by atoms with van der Waals surface area (Å²) in [5.74, 6) is -1.83. The van der Waals surface area contributed by atoms with Gasteiger partial charge in [0, 0.05) is 18.2 Å². The molecule has 0 radical (unpaired) electrons. The summed E-state index contributed by atoms with van der Waals surface area (Å²) in [5, 5.41) is 6.35. The molecule has 0 aliphatic heterocycles. The Bertz CT molecular complexity index is 1330. The number of aryl methyl sites for hydroxylation is 1. The van der Waals surface area contributed by atoms with Crippen molar-refractivity contribution < 1.29 is 28.0 Å². The fraction of sp³-hybridized carbons (Fsp3) is 0.259. The molecule has 186 valence electrons. The van der Waals surface area contributed by atoms with Crippen LogP contribution in [0.3, 0.4) is 0 Å². The Labute approximate surface area is 207 Å². The van der Waals surface area contributed by atoms with E-state index in [9.17, 15) is 14.0 Å². The number of hydrogen-bond donors (Lipinski definition) is 1. The average Bonchev–Trinajstić information content (AvgIpc) is 3.38. The van der Waals surface area contributed by atoms with Crippen LogP contribution in [0.1, 0.15) is 17.0 Å². The Kier molecular flexibility index (Phi) is 7.70. The number of hydrogen-bond acceptors (Lipinski definition) is 7. The van der Waals surface area contributed by atoms with E-state index in [1.165, 1.54) is 19.3 Å². The molecule has 2 aromatic carbocycles. The normalized spacial score (nSPS) is 16.9. The molecule has 1 aliphatic carbocycles. The van der Waals surface area contributed by atoms with Gasteiger partial charge in [-0.15, -0.1) is 0 Å². The Morgan fingerprint density at radius 2 is 1.94 bits per heavy atom. The molecule has 1 aliphatic rings. The van der Waals surface area contributed by atoms with Crippen molar-refractivity contribution in [2.45, 2.75) is 19.7 Å². The molecule has 0 spiro atoms. The summed E-state index contributed by atoms with van der Waals surface area (Å²) >= 11 is 0. The summed E-state index contributed by atoms with van der Waals surface area (Å²) in [6, 6.07) is 13.9. The molecular weight excluding hydrogens is 465 g/mol. The molecule has 1 heterocycles. The van der Waals surface area contributed by atoms with Crippen LogP contribution in [-0.2, 0) is 25.7 Å². The first-order chi connectivity index (χ1) is 17.4. The van der Waals surface area contributed by atoms with Gasteiger partial charge in [-0.2, -0.15) is 4.98 Å². The third-order valence-electron chi connectivity index (χ3n) is 5.87. The standard InChI is InChI=1S/C27H26FN3O5/c1-16-6-4-5-7-20(16)21-10-9-18(12-19(21)15-34-2)27-30-25(31-36-27)17-8-11-22(23(28)13-17)26(33)29-14-24(32)35-3/h4-13,22-23H,14-15H2,1-3H3,(H,29,33). The van der Waals surface area contributed by atoms with Crippen LogP contribution in [0.4, 0.5) is 4.39 Å². The third kappa shape index (κ3) is 5.41. The number of methoxy groups -OCH3 is 2. The largest absolute Gasteiger partial charge is 0.468 e. The minimum atomic E-state index is -1.62. The predicted molar refractivity (Wildman–Crippen MR) is 131 cm³/mol. The van der Waals surface area contributed by atoms with Crippen molar-refractivity contribution in [2.75, 3.05) is 20.8 Å². The second-order valence-corrected chi connectivity index (χ2v) is 8.29. The molecule has 1 N–H and O–H groups in total. The van der Waals surface area contributed by atoms with Crippen molar-refractivity contribution in [1.82, 2.24) is 15.5 Å². The summed E-state index contributed by atoms with van der Waals surface area (Å²) in [6.07, 6.45) is 2.61. The minimum absolute atomic E-state index is 0.202. The van der Waals surface area contributed by atoms with Gasteiger partial charge in [-0.25, -0.2) is 4.39 Å². The molecule has 2 unspecified atom stereocenters. The maximum absolute atomic E-state index is 14.7. The Hall–Kier alpha value is -4.11. The number of aromatic nitrogens is 2. The number of allylic oxidation sites excluding steroid dienone is 3. The first-order valence-electron chi connectivity index (χ1n) is 11.3. The number of amides is 1. The van der Waals surface area contributed by atoms with Gasteiger partial charge >= 0.3 is 5.97 Å². The zero-order chi connectivity index (χ0) is 25.7. The number of carbonyl (C=O) groups excluding carboxylic acids is 2. The fourth-order valence-corrected chi connectivity index (χ4v) is 3.97. The summed E-state index contributed by atoms with van der Waals surface area (Å²) < 4.78 is 30.1. The number of ether oxygens (including phenoxy) is 2. The number of benzene rings is 2. The van der Waals surface area contributed by atoms with Crippen LogP contribution in [-0.4, -0.2) is 49.0 Å². The molecule has 8 nitrogen and oxygen atoms in total. The van der Waals surface area contributed by atoms with Crippen molar-refractivity contribution in [3.63, 3.8) is 0 Å². The predicted octanol–water partition coefficient (Wildman–Crippen LogP) is 4.06. The lowest BCUT2D eigenvalue weighted by atomic mass is 9.93. The number of nitrogens with one attached hydrogen (secondary N) is 1. The highest BCUT2D eigenvalue weighted by molar-refractivity contribution is 5.87. The second-order valence-electron chi connectivity index (χ2n) is 8.29. The molecule has 0 saturated carbocycles. The van der Waals surface area contributed by atoms with E-state index in [-0.39, 0.29) is 18.3 Å². The van der Waals surface area contributed by atoms with Crippen molar-refractivity contribution in [2.24, 2.45) is 5.92 Å². The van der Waals surface area contributed by atoms with Gasteiger partial charge in [-0.1, -0.05) is 47.6 Å². The van der Waals surface area contributed by atoms with Crippen LogP contribution in [0, 0.1) is 12.8 Å². The number of nitrogens with zero attached hydrogens (tertiary/aromatic N) is 2. The van der Waals surface area contributed by atoms with Crippen molar-refractivity contribution in [1.29, 1.82) is 0 Å². The van der Waals surface area contributed by atoms with Crippen molar-refractivity contribution in [3.05, 3.63) is 77.6 Å². The van der Waals surface area contributed by atoms with E-state index in [1.807, 2.05) is 30.3 Å². The van der Waals surface area contributed by atoms with Gasteiger partial charge in [0.2, 0.25) is 11.7 Å². The number of esters is 1. The quantitative estimate of drug-likeness (QED) is 0.474. The monoisotopic (exact) mass is 491 g/mol. The molecule has 2 atom stereocenters. The van der Waals surface area contributed by atoms with E-state index in [2.05, 4.69) is 39.3 Å². The molecule has 36 heavy (non-hydrogen) atoms. The van der Waals surface area contributed by atoms with Crippen LogP contribution in [0.25, 0.3) is 28.2 Å². The summed E-state index contributed by atoms with van der Waals surface area (Å²) in [7, 11) is 2.84. The van der Waals surface area contributed by atoms with Gasteiger partial charge in [-0.3, -0.25) is 9.59 Å². The molecule has 4 rings (SSSR count). The van der Waals surface area contributed by atoms with Crippen LogP contribution < -0.4 is 5.32 Å². The van der Waals surface area contributed by atoms with Crippen molar-refractivity contribution >= 4 is 17.4 Å². The van der Waals surface area contributed by atoms with Crippen LogP contribution >= 0.6 is 0 Å².